The zero-order chi connectivity index (χ0) is 13.8. The van der Waals surface area contributed by atoms with Gasteiger partial charge < -0.3 is 16.0 Å². The van der Waals surface area contributed by atoms with Gasteiger partial charge in [-0.15, -0.1) is 0 Å². The van der Waals surface area contributed by atoms with Crippen LogP contribution in [-0.4, -0.2) is 66.9 Å². The van der Waals surface area contributed by atoms with E-state index in [2.05, 4.69) is 5.32 Å². The number of carbonyl (C=O) groups excluding carboxylic acids is 2. The Morgan fingerprint density at radius 1 is 1.56 bits per heavy atom. The third-order valence-electron chi connectivity index (χ3n) is 3.46. The molecule has 0 aromatic carbocycles. The van der Waals surface area contributed by atoms with Crippen LogP contribution in [0, 0.1) is 0 Å². The van der Waals surface area contributed by atoms with E-state index in [1.165, 1.54) is 0 Å². The quantitative estimate of drug-likeness (QED) is 0.661. The van der Waals surface area contributed by atoms with E-state index < -0.39 is 5.54 Å². The molecule has 3 N–H and O–H groups in total. The first kappa shape index (κ1) is 14.9. The van der Waals surface area contributed by atoms with Crippen molar-refractivity contribution >= 4 is 11.8 Å². The van der Waals surface area contributed by atoms with Crippen molar-refractivity contribution in [3.63, 3.8) is 0 Å². The molecule has 0 radical (unpaired) electrons. The Kier molecular flexibility index (Phi) is 5.10. The lowest BCUT2D eigenvalue weighted by molar-refractivity contribution is -0.140. The Morgan fingerprint density at radius 2 is 2.22 bits per heavy atom. The number of amides is 2. The van der Waals surface area contributed by atoms with Gasteiger partial charge >= 0.3 is 0 Å². The summed E-state index contributed by atoms with van der Waals surface area (Å²) in [6.45, 7) is 6.51. The Morgan fingerprint density at radius 3 is 2.83 bits per heavy atom. The maximum atomic E-state index is 12.0. The molecule has 0 atom stereocenters. The first-order valence-electron chi connectivity index (χ1n) is 6.37. The Labute approximate surface area is 108 Å². The van der Waals surface area contributed by atoms with Gasteiger partial charge in [-0.2, -0.15) is 0 Å². The fourth-order valence-corrected chi connectivity index (χ4v) is 1.96. The molecule has 104 valence electrons. The zero-order valence-electron chi connectivity index (χ0n) is 11.5. The smallest absolute Gasteiger partial charge is 0.240 e. The summed E-state index contributed by atoms with van der Waals surface area (Å²) in [6, 6.07) is 0. The van der Waals surface area contributed by atoms with Crippen molar-refractivity contribution in [1.29, 1.82) is 0 Å². The van der Waals surface area contributed by atoms with Crippen molar-refractivity contribution < 1.29 is 9.59 Å². The van der Waals surface area contributed by atoms with Gasteiger partial charge in [0, 0.05) is 26.7 Å². The summed E-state index contributed by atoms with van der Waals surface area (Å²) in [5.41, 5.74) is 4.80. The average Bonchev–Trinajstić information content (AvgIpc) is 2.32. The first-order chi connectivity index (χ1) is 8.39. The molecule has 2 amide bonds. The lowest BCUT2D eigenvalue weighted by atomic mass is 9.99. The van der Waals surface area contributed by atoms with E-state index in [1.807, 2.05) is 18.7 Å². The molecule has 1 fully saturated rings. The van der Waals surface area contributed by atoms with E-state index >= 15 is 0 Å². The van der Waals surface area contributed by atoms with E-state index in [0.29, 0.717) is 26.2 Å². The standard InChI is InChI=1S/C12H24N4O2/c1-12(2)11(18)14-6-8-16(12)9-10(17)15(3)7-4-5-13/h4-9,13H2,1-3H3,(H,14,18). The highest BCUT2D eigenvalue weighted by Gasteiger charge is 2.38. The highest BCUT2D eigenvalue weighted by molar-refractivity contribution is 5.87. The maximum Gasteiger partial charge on any atom is 0.240 e. The van der Waals surface area contributed by atoms with Crippen LogP contribution in [0.3, 0.4) is 0 Å². The molecule has 1 heterocycles. The van der Waals surface area contributed by atoms with Crippen LogP contribution in [-0.2, 0) is 9.59 Å². The molecule has 0 saturated carbocycles. The summed E-state index contributed by atoms with van der Waals surface area (Å²) < 4.78 is 0. The second kappa shape index (κ2) is 6.15. The molecule has 1 saturated heterocycles. The van der Waals surface area contributed by atoms with Crippen LogP contribution in [0.15, 0.2) is 0 Å². The Bertz CT molecular complexity index is 317. The van der Waals surface area contributed by atoms with Crippen molar-refractivity contribution in [3.05, 3.63) is 0 Å². The molecule has 0 spiro atoms. The van der Waals surface area contributed by atoms with Gasteiger partial charge in [0.05, 0.1) is 12.1 Å². The van der Waals surface area contributed by atoms with Crippen molar-refractivity contribution in [2.24, 2.45) is 5.73 Å². The van der Waals surface area contributed by atoms with Gasteiger partial charge in [0.25, 0.3) is 0 Å². The topological polar surface area (TPSA) is 78.7 Å². The molecule has 0 aromatic heterocycles. The second-order valence-corrected chi connectivity index (χ2v) is 5.19. The molecule has 1 aliphatic heterocycles. The molecule has 0 bridgehead atoms. The third kappa shape index (κ3) is 3.43. The molecular weight excluding hydrogens is 232 g/mol. The van der Waals surface area contributed by atoms with Gasteiger partial charge in [-0.1, -0.05) is 0 Å². The predicted molar refractivity (Wildman–Crippen MR) is 70.0 cm³/mol. The summed E-state index contributed by atoms with van der Waals surface area (Å²) in [5, 5.41) is 2.82. The highest BCUT2D eigenvalue weighted by atomic mass is 16.2. The maximum absolute atomic E-state index is 12.0. The molecule has 18 heavy (non-hydrogen) atoms. The minimum atomic E-state index is -0.622. The number of carbonyl (C=O) groups is 2. The fraction of sp³-hybridized carbons (Fsp3) is 0.833. The highest BCUT2D eigenvalue weighted by Crippen LogP contribution is 2.17. The number of nitrogens with zero attached hydrogens (tertiary/aromatic N) is 2. The number of likely N-dealkylation sites (N-methyl/N-ethyl adjacent to an activating group) is 1. The fourth-order valence-electron chi connectivity index (χ4n) is 1.96. The summed E-state index contributed by atoms with van der Waals surface area (Å²) >= 11 is 0. The van der Waals surface area contributed by atoms with E-state index in [9.17, 15) is 9.59 Å². The van der Waals surface area contributed by atoms with Crippen LogP contribution in [0.5, 0.6) is 0 Å². The third-order valence-corrected chi connectivity index (χ3v) is 3.46. The summed E-state index contributed by atoms with van der Waals surface area (Å²) in [4.78, 5) is 27.4. The number of piperazine rings is 1. The molecule has 1 rings (SSSR count). The lowest BCUT2D eigenvalue weighted by Gasteiger charge is -2.41. The largest absolute Gasteiger partial charge is 0.353 e. The van der Waals surface area contributed by atoms with E-state index in [4.69, 9.17) is 5.73 Å². The number of nitrogens with two attached hydrogens (primary N) is 1. The van der Waals surface area contributed by atoms with Crippen molar-refractivity contribution in [2.45, 2.75) is 25.8 Å². The molecule has 0 unspecified atom stereocenters. The van der Waals surface area contributed by atoms with Gasteiger partial charge in [0.15, 0.2) is 0 Å². The van der Waals surface area contributed by atoms with Crippen LogP contribution in [0.25, 0.3) is 0 Å². The van der Waals surface area contributed by atoms with Gasteiger partial charge in [0.2, 0.25) is 11.8 Å². The number of hydrogen-bond donors (Lipinski definition) is 2. The number of hydrogen-bond acceptors (Lipinski definition) is 4. The molecular formula is C12H24N4O2. The van der Waals surface area contributed by atoms with Gasteiger partial charge in [-0.05, 0) is 26.8 Å². The van der Waals surface area contributed by atoms with E-state index in [1.54, 1.807) is 11.9 Å². The predicted octanol–water partition coefficient (Wildman–Crippen LogP) is -0.996. The minimum absolute atomic E-state index is 0.0221. The van der Waals surface area contributed by atoms with Gasteiger partial charge in [-0.25, -0.2) is 0 Å². The summed E-state index contributed by atoms with van der Waals surface area (Å²) in [6.07, 6.45) is 0.798. The molecule has 1 aliphatic rings. The lowest BCUT2D eigenvalue weighted by Crippen LogP contribution is -2.63. The van der Waals surface area contributed by atoms with Crippen LogP contribution < -0.4 is 11.1 Å². The molecule has 6 nitrogen and oxygen atoms in total. The van der Waals surface area contributed by atoms with Gasteiger partial charge in [-0.3, -0.25) is 14.5 Å². The Hall–Kier alpha value is -1.14. The van der Waals surface area contributed by atoms with Gasteiger partial charge in [0.1, 0.15) is 0 Å². The summed E-state index contributed by atoms with van der Waals surface area (Å²) in [5.74, 6) is 0.0115. The summed E-state index contributed by atoms with van der Waals surface area (Å²) in [7, 11) is 1.77. The van der Waals surface area contributed by atoms with Crippen molar-refractivity contribution in [1.82, 2.24) is 15.1 Å². The van der Waals surface area contributed by atoms with Crippen LogP contribution in [0.4, 0.5) is 0 Å². The average molecular weight is 256 g/mol. The molecule has 0 aromatic rings. The minimum Gasteiger partial charge on any atom is -0.353 e. The number of rotatable bonds is 5. The molecule has 6 heteroatoms. The normalized spacial score (nSPS) is 19.4. The number of nitrogens with one attached hydrogen (secondary N) is 1. The van der Waals surface area contributed by atoms with E-state index in [-0.39, 0.29) is 18.4 Å². The van der Waals surface area contributed by atoms with Crippen molar-refractivity contribution in [3.8, 4) is 0 Å². The monoisotopic (exact) mass is 256 g/mol. The van der Waals surface area contributed by atoms with Crippen LogP contribution in [0.1, 0.15) is 20.3 Å². The van der Waals surface area contributed by atoms with Crippen molar-refractivity contribution in [2.75, 3.05) is 39.8 Å². The zero-order valence-corrected chi connectivity index (χ0v) is 11.5. The Balaban J connectivity index is 2.55. The van der Waals surface area contributed by atoms with Crippen LogP contribution in [0.2, 0.25) is 0 Å². The van der Waals surface area contributed by atoms with Crippen LogP contribution >= 0.6 is 0 Å². The second-order valence-electron chi connectivity index (χ2n) is 5.19. The molecule has 0 aliphatic carbocycles. The van der Waals surface area contributed by atoms with E-state index in [0.717, 1.165) is 6.42 Å². The first-order valence-corrected chi connectivity index (χ1v) is 6.37. The SMILES string of the molecule is CN(CCCN)C(=O)CN1CCNC(=O)C1(C)C.